The quantitative estimate of drug-likeness (QED) is 0.670. The standard InChI is InChI=1S/C7H11N3O3/c1-3-5-8-10(4-6(11)12)7(13)9(5)2/h3-4H2,1-2H3,(H,11,12). The molecule has 1 N–H and O–H groups in total. The lowest BCUT2D eigenvalue weighted by Gasteiger charge is -1.90. The molecule has 1 aromatic heterocycles. The fourth-order valence-corrected chi connectivity index (χ4v) is 1.07. The van der Waals surface area contributed by atoms with Gasteiger partial charge in [0.25, 0.3) is 0 Å². The zero-order valence-corrected chi connectivity index (χ0v) is 7.52. The van der Waals surface area contributed by atoms with Gasteiger partial charge in [0.05, 0.1) is 0 Å². The van der Waals surface area contributed by atoms with E-state index >= 15 is 0 Å². The predicted octanol–water partition coefficient (Wildman–Crippen LogP) is -0.771. The Morgan fingerprint density at radius 3 is 2.62 bits per heavy atom. The SMILES string of the molecule is CCc1nn(CC(=O)O)c(=O)n1C. The van der Waals surface area contributed by atoms with Crippen molar-refractivity contribution >= 4 is 5.97 Å². The summed E-state index contributed by atoms with van der Waals surface area (Å²) in [6, 6.07) is 0. The van der Waals surface area contributed by atoms with Crippen molar-refractivity contribution < 1.29 is 9.90 Å². The summed E-state index contributed by atoms with van der Waals surface area (Å²) in [7, 11) is 1.58. The van der Waals surface area contributed by atoms with Gasteiger partial charge in [0.1, 0.15) is 12.4 Å². The molecule has 0 spiro atoms. The molecule has 1 rings (SSSR count). The van der Waals surface area contributed by atoms with E-state index in [-0.39, 0.29) is 12.2 Å². The first-order valence-electron chi connectivity index (χ1n) is 3.90. The van der Waals surface area contributed by atoms with Gasteiger partial charge in [0.15, 0.2) is 0 Å². The average Bonchev–Trinajstić information content (AvgIpc) is 2.32. The van der Waals surface area contributed by atoms with Crippen LogP contribution in [0.3, 0.4) is 0 Å². The number of rotatable bonds is 3. The molecule has 0 aliphatic heterocycles. The number of nitrogens with zero attached hydrogens (tertiary/aromatic N) is 3. The van der Waals surface area contributed by atoms with Crippen molar-refractivity contribution in [1.82, 2.24) is 14.3 Å². The summed E-state index contributed by atoms with van der Waals surface area (Å²) < 4.78 is 2.30. The zero-order valence-electron chi connectivity index (χ0n) is 7.52. The van der Waals surface area contributed by atoms with Crippen LogP contribution < -0.4 is 5.69 Å². The van der Waals surface area contributed by atoms with E-state index < -0.39 is 5.97 Å². The molecule has 0 aromatic carbocycles. The van der Waals surface area contributed by atoms with Gasteiger partial charge in [0, 0.05) is 13.5 Å². The summed E-state index contributed by atoms with van der Waals surface area (Å²) in [5, 5.41) is 12.3. The molecule has 0 unspecified atom stereocenters. The molecule has 1 aromatic rings. The molecule has 0 saturated heterocycles. The summed E-state index contributed by atoms with van der Waals surface area (Å²) >= 11 is 0. The third kappa shape index (κ3) is 1.77. The molecule has 0 atom stereocenters. The molecule has 6 heteroatoms. The van der Waals surface area contributed by atoms with Crippen LogP contribution in [-0.4, -0.2) is 25.4 Å². The Morgan fingerprint density at radius 2 is 2.23 bits per heavy atom. The van der Waals surface area contributed by atoms with E-state index in [1.807, 2.05) is 6.92 Å². The molecule has 0 saturated carbocycles. The molecule has 13 heavy (non-hydrogen) atoms. The molecule has 72 valence electrons. The van der Waals surface area contributed by atoms with E-state index in [1.165, 1.54) is 4.57 Å². The molecule has 0 amide bonds. The van der Waals surface area contributed by atoms with Crippen LogP contribution in [0.5, 0.6) is 0 Å². The topological polar surface area (TPSA) is 77.1 Å². The van der Waals surface area contributed by atoms with Gasteiger partial charge in [-0.25, -0.2) is 9.48 Å². The number of hydrogen-bond acceptors (Lipinski definition) is 3. The fraction of sp³-hybridized carbons (Fsp3) is 0.571. The molecule has 0 aliphatic carbocycles. The van der Waals surface area contributed by atoms with Gasteiger partial charge in [-0.15, -0.1) is 0 Å². The zero-order chi connectivity index (χ0) is 10.0. The van der Waals surface area contributed by atoms with Crippen LogP contribution in [0.25, 0.3) is 0 Å². The third-order valence-corrected chi connectivity index (χ3v) is 1.73. The van der Waals surface area contributed by atoms with E-state index in [2.05, 4.69) is 5.10 Å². The first-order valence-corrected chi connectivity index (χ1v) is 3.90. The van der Waals surface area contributed by atoms with Crippen molar-refractivity contribution in [3.63, 3.8) is 0 Å². The van der Waals surface area contributed by atoms with Gasteiger partial charge in [-0.05, 0) is 0 Å². The summed E-state index contributed by atoms with van der Waals surface area (Å²) in [6.07, 6.45) is 0.609. The highest BCUT2D eigenvalue weighted by Crippen LogP contribution is 1.90. The highest BCUT2D eigenvalue weighted by molar-refractivity contribution is 5.66. The van der Waals surface area contributed by atoms with Crippen LogP contribution in [-0.2, 0) is 24.8 Å². The van der Waals surface area contributed by atoms with Crippen molar-refractivity contribution in [2.75, 3.05) is 0 Å². The van der Waals surface area contributed by atoms with Crippen LogP contribution in [0, 0.1) is 0 Å². The first kappa shape index (κ1) is 9.50. The maximum Gasteiger partial charge on any atom is 0.346 e. The van der Waals surface area contributed by atoms with Crippen LogP contribution in [0.4, 0.5) is 0 Å². The molecule has 0 bridgehead atoms. The molecule has 0 fully saturated rings. The lowest BCUT2D eigenvalue weighted by atomic mass is 10.5. The molecular formula is C7H11N3O3. The maximum atomic E-state index is 11.3. The Bertz CT molecular complexity index is 377. The largest absolute Gasteiger partial charge is 0.480 e. The lowest BCUT2D eigenvalue weighted by molar-refractivity contribution is -0.137. The van der Waals surface area contributed by atoms with E-state index in [0.717, 1.165) is 4.68 Å². The van der Waals surface area contributed by atoms with Gasteiger partial charge in [-0.2, -0.15) is 5.10 Å². The Morgan fingerprint density at radius 1 is 1.62 bits per heavy atom. The normalized spacial score (nSPS) is 10.3. The van der Waals surface area contributed by atoms with Crippen molar-refractivity contribution in [2.24, 2.45) is 7.05 Å². The number of carboxylic acids is 1. The number of aryl methyl sites for hydroxylation is 1. The van der Waals surface area contributed by atoms with Crippen LogP contribution in [0.2, 0.25) is 0 Å². The minimum Gasteiger partial charge on any atom is -0.480 e. The number of carbonyl (C=O) groups is 1. The van der Waals surface area contributed by atoms with E-state index in [9.17, 15) is 9.59 Å². The second-order valence-corrected chi connectivity index (χ2v) is 2.66. The van der Waals surface area contributed by atoms with Gasteiger partial charge in [-0.1, -0.05) is 6.92 Å². The molecule has 0 aliphatic rings. The smallest absolute Gasteiger partial charge is 0.346 e. The van der Waals surface area contributed by atoms with Gasteiger partial charge in [-0.3, -0.25) is 9.36 Å². The third-order valence-electron chi connectivity index (χ3n) is 1.73. The molecule has 6 nitrogen and oxygen atoms in total. The Kier molecular flexibility index (Phi) is 2.50. The highest BCUT2D eigenvalue weighted by atomic mass is 16.4. The number of hydrogen-bond donors (Lipinski definition) is 1. The minimum absolute atomic E-state index is 0.382. The number of aromatic nitrogens is 3. The maximum absolute atomic E-state index is 11.3. The van der Waals surface area contributed by atoms with E-state index in [4.69, 9.17) is 5.11 Å². The predicted molar refractivity (Wildman–Crippen MR) is 44.5 cm³/mol. The van der Waals surface area contributed by atoms with Crippen LogP contribution in [0.1, 0.15) is 12.7 Å². The average molecular weight is 185 g/mol. The van der Waals surface area contributed by atoms with Crippen molar-refractivity contribution in [3.05, 3.63) is 16.3 Å². The van der Waals surface area contributed by atoms with Gasteiger partial charge < -0.3 is 5.11 Å². The lowest BCUT2D eigenvalue weighted by Crippen LogP contribution is -2.26. The van der Waals surface area contributed by atoms with Crippen molar-refractivity contribution in [3.8, 4) is 0 Å². The van der Waals surface area contributed by atoms with Crippen LogP contribution >= 0.6 is 0 Å². The number of aliphatic carboxylic acids is 1. The second kappa shape index (κ2) is 3.42. The Labute approximate surface area is 74.4 Å². The van der Waals surface area contributed by atoms with Crippen molar-refractivity contribution in [1.29, 1.82) is 0 Å². The van der Waals surface area contributed by atoms with Crippen molar-refractivity contribution in [2.45, 2.75) is 19.9 Å². The number of carboxylic acid groups (broad SMARTS) is 1. The Balaban J connectivity index is 3.10. The van der Waals surface area contributed by atoms with Gasteiger partial charge >= 0.3 is 11.7 Å². The van der Waals surface area contributed by atoms with E-state index in [1.54, 1.807) is 7.05 Å². The monoisotopic (exact) mass is 185 g/mol. The summed E-state index contributed by atoms with van der Waals surface area (Å²) in [5.74, 6) is -0.478. The second-order valence-electron chi connectivity index (χ2n) is 2.66. The molecule has 1 heterocycles. The minimum atomic E-state index is -1.07. The Hall–Kier alpha value is -1.59. The van der Waals surface area contributed by atoms with E-state index in [0.29, 0.717) is 12.2 Å². The highest BCUT2D eigenvalue weighted by Gasteiger charge is 2.10. The van der Waals surface area contributed by atoms with Gasteiger partial charge in [0.2, 0.25) is 0 Å². The van der Waals surface area contributed by atoms with Crippen LogP contribution in [0.15, 0.2) is 4.79 Å². The molecular weight excluding hydrogens is 174 g/mol. The first-order chi connectivity index (χ1) is 6.06. The summed E-state index contributed by atoms with van der Waals surface area (Å²) in [5.41, 5.74) is -0.390. The summed E-state index contributed by atoms with van der Waals surface area (Å²) in [6.45, 7) is 1.47. The molecule has 0 radical (unpaired) electrons. The fourth-order valence-electron chi connectivity index (χ4n) is 1.07. The summed E-state index contributed by atoms with van der Waals surface area (Å²) in [4.78, 5) is 21.6.